The van der Waals surface area contributed by atoms with Gasteiger partial charge in [-0.1, -0.05) is 36.4 Å². The molecule has 0 unspecified atom stereocenters. The largest absolute Gasteiger partial charge is 0.345 e. The number of amides is 1. The Morgan fingerprint density at radius 3 is 2.63 bits per heavy atom. The fraction of sp³-hybridized carbons (Fsp3) is 0.286. The van der Waals surface area contributed by atoms with Gasteiger partial charge < -0.3 is 10.2 Å². The highest BCUT2D eigenvalue weighted by molar-refractivity contribution is 5.94. The summed E-state index contributed by atoms with van der Waals surface area (Å²) in [5.41, 5.74) is 2.14. The summed E-state index contributed by atoms with van der Waals surface area (Å²) in [6.45, 7) is 2.70. The molecular weight excluding hydrogens is 340 g/mol. The van der Waals surface area contributed by atoms with Crippen molar-refractivity contribution >= 4 is 11.6 Å². The van der Waals surface area contributed by atoms with E-state index in [-0.39, 0.29) is 17.2 Å². The minimum atomic E-state index is -0.406. The molecule has 1 amide bonds. The molecule has 1 N–H and O–H groups in total. The van der Waals surface area contributed by atoms with Gasteiger partial charge in [0.25, 0.3) is 11.5 Å². The number of carbonyl (C=O) groups excluding carboxylic acids is 1. The molecule has 0 bridgehead atoms. The fourth-order valence-electron chi connectivity index (χ4n) is 3.03. The number of aromatic nitrogens is 2. The number of hydrogen-bond acceptors (Lipinski definition) is 4. The molecule has 3 rings (SSSR count). The van der Waals surface area contributed by atoms with Gasteiger partial charge in [-0.15, -0.1) is 0 Å². The van der Waals surface area contributed by atoms with E-state index in [1.165, 1.54) is 10.6 Å². The first-order chi connectivity index (χ1) is 13.0. The van der Waals surface area contributed by atoms with Crippen LogP contribution in [-0.4, -0.2) is 40.8 Å². The SMILES string of the molecule is Cc1cccn2c(=O)c(C(=O)N[C@@H](CCN(C)C)c3ccccc3)cnc12. The predicted octanol–water partition coefficient (Wildman–Crippen LogP) is 2.43. The summed E-state index contributed by atoms with van der Waals surface area (Å²) in [6.07, 6.45) is 3.74. The Morgan fingerprint density at radius 1 is 1.19 bits per heavy atom. The highest BCUT2D eigenvalue weighted by atomic mass is 16.2. The number of nitrogens with zero attached hydrogens (tertiary/aromatic N) is 3. The Morgan fingerprint density at radius 2 is 1.93 bits per heavy atom. The maximum Gasteiger partial charge on any atom is 0.270 e. The maximum absolute atomic E-state index is 12.8. The average molecular weight is 364 g/mol. The number of nitrogens with one attached hydrogen (secondary N) is 1. The van der Waals surface area contributed by atoms with Gasteiger partial charge in [0.1, 0.15) is 11.2 Å². The first-order valence-electron chi connectivity index (χ1n) is 8.95. The second kappa shape index (κ2) is 8.14. The third kappa shape index (κ3) is 4.23. The molecule has 1 aromatic carbocycles. The van der Waals surface area contributed by atoms with Crippen molar-refractivity contribution in [3.05, 3.63) is 81.9 Å². The first kappa shape index (κ1) is 18.8. The van der Waals surface area contributed by atoms with E-state index in [9.17, 15) is 9.59 Å². The molecule has 0 saturated heterocycles. The molecule has 0 spiro atoms. The van der Waals surface area contributed by atoms with Crippen LogP contribution in [0.1, 0.15) is 33.9 Å². The molecule has 6 nitrogen and oxygen atoms in total. The number of fused-ring (bicyclic) bond motifs is 1. The second-order valence-electron chi connectivity index (χ2n) is 6.89. The second-order valence-corrected chi connectivity index (χ2v) is 6.89. The van der Waals surface area contributed by atoms with Crippen LogP contribution in [0.15, 0.2) is 59.7 Å². The van der Waals surface area contributed by atoms with Crippen molar-refractivity contribution in [2.45, 2.75) is 19.4 Å². The van der Waals surface area contributed by atoms with E-state index in [2.05, 4.69) is 15.2 Å². The molecule has 0 saturated carbocycles. The number of benzene rings is 1. The van der Waals surface area contributed by atoms with Crippen LogP contribution in [0.4, 0.5) is 0 Å². The number of pyridine rings is 1. The zero-order chi connectivity index (χ0) is 19.4. The molecule has 27 heavy (non-hydrogen) atoms. The smallest absolute Gasteiger partial charge is 0.270 e. The summed E-state index contributed by atoms with van der Waals surface area (Å²) >= 11 is 0. The summed E-state index contributed by atoms with van der Waals surface area (Å²) in [7, 11) is 3.98. The third-order valence-corrected chi connectivity index (χ3v) is 4.54. The van der Waals surface area contributed by atoms with E-state index in [0.717, 1.165) is 24.1 Å². The number of aryl methyl sites for hydroxylation is 1. The van der Waals surface area contributed by atoms with Gasteiger partial charge >= 0.3 is 0 Å². The van der Waals surface area contributed by atoms with Crippen molar-refractivity contribution in [1.29, 1.82) is 0 Å². The lowest BCUT2D eigenvalue weighted by molar-refractivity contribution is 0.0930. The molecule has 0 fully saturated rings. The minimum absolute atomic E-state index is 0.0453. The summed E-state index contributed by atoms with van der Waals surface area (Å²) in [6, 6.07) is 13.3. The molecule has 6 heteroatoms. The molecule has 0 aliphatic heterocycles. The molecule has 1 atom stereocenters. The van der Waals surface area contributed by atoms with Crippen LogP contribution < -0.4 is 10.9 Å². The molecule has 0 aliphatic rings. The highest BCUT2D eigenvalue weighted by Gasteiger charge is 2.19. The zero-order valence-corrected chi connectivity index (χ0v) is 15.8. The van der Waals surface area contributed by atoms with Crippen molar-refractivity contribution in [2.75, 3.05) is 20.6 Å². The van der Waals surface area contributed by atoms with Crippen LogP contribution in [-0.2, 0) is 0 Å². The summed E-state index contributed by atoms with van der Waals surface area (Å²) < 4.78 is 1.42. The van der Waals surface area contributed by atoms with E-state index >= 15 is 0 Å². The van der Waals surface area contributed by atoms with Crippen molar-refractivity contribution in [2.24, 2.45) is 0 Å². The van der Waals surface area contributed by atoms with Gasteiger partial charge in [0.2, 0.25) is 0 Å². The summed E-state index contributed by atoms with van der Waals surface area (Å²) in [5.74, 6) is -0.406. The Kier molecular flexibility index (Phi) is 5.66. The van der Waals surface area contributed by atoms with Crippen LogP contribution in [0, 0.1) is 6.92 Å². The molecule has 0 radical (unpaired) electrons. The third-order valence-electron chi connectivity index (χ3n) is 4.54. The lowest BCUT2D eigenvalue weighted by Gasteiger charge is -2.21. The van der Waals surface area contributed by atoms with E-state index in [4.69, 9.17) is 0 Å². The maximum atomic E-state index is 12.8. The van der Waals surface area contributed by atoms with Crippen LogP contribution in [0.3, 0.4) is 0 Å². The monoisotopic (exact) mass is 364 g/mol. The lowest BCUT2D eigenvalue weighted by atomic mass is 10.0. The minimum Gasteiger partial charge on any atom is -0.345 e. The number of hydrogen-bond donors (Lipinski definition) is 1. The fourth-order valence-corrected chi connectivity index (χ4v) is 3.03. The van der Waals surface area contributed by atoms with Crippen molar-refractivity contribution in [3.63, 3.8) is 0 Å². The quantitative estimate of drug-likeness (QED) is 0.729. The van der Waals surface area contributed by atoms with Gasteiger partial charge in [0, 0.05) is 12.4 Å². The van der Waals surface area contributed by atoms with Gasteiger partial charge in [-0.25, -0.2) is 4.98 Å². The topological polar surface area (TPSA) is 66.7 Å². The zero-order valence-electron chi connectivity index (χ0n) is 15.8. The molecule has 2 heterocycles. The highest BCUT2D eigenvalue weighted by Crippen LogP contribution is 2.17. The summed E-state index contributed by atoms with van der Waals surface area (Å²) in [5, 5.41) is 3.01. The van der Waals surface area contributed by atoms with Crippen LogP contribution in [0.2, 0.25) is 0 Å². The van der Waals surface area contributed by atoms with E-state index in [1.807, 2.05) is 57.4 Å². The van der Waals surface area contributed by atoms with Crippen LogP contribution >= 0.6 is 0 Å². The summed E-state index contributed by atoms with van der Waals surface area (Å²) in [4.78, 5) is 32.0. The molecular formula is C21H24N4O2. The molecule has 3 aromatic rings. The van der Waals surface area contributed by atoms with E-state index in [0.29, 0.717) is 5.65 Å². The van der Waals surface area contributed by atoms with Crippen molar-refractivity contribution in [1.82, 2.24) is 19.6 Å². The normalized spacial score (nSPS) is 12.3. The van der Waals surface area contributed by atoms with E-state index < -0.39 is 5.91 Å². The molecule has 0 aliphatic carbocycles. The predicted molar refractivity (Wildman–Crippen MR) is 106 cm³/mol. The lowest BCUT2D eigenvalue weighted by Crippen LogP contribution is -2.35. The number of rotatable bonds is 6. The van der Waals surface area contributed by atoms with Crippen molar-refractivity contribution < 1.29 is 4.79 Å². The molecule has 2 aromatic heterocycles. The van der Waals surface area contributed by atoms with E-state index in [1.54, 1.807) is 12.3 Å². The Balaban J connectivity index is 1.90. The van der Waals surface area contributed by atoms with Gasteiger partial charge in [-0.05, 0) is 51.2 Å². The van der Waals surface area contributed by atoms with Gasteiger partial charge in [-0.3, -0.25) is 14.0 Å². The Hall–Kier alpha value is -2.99. The van der Waals surface area contributed by atoms with Crippen LogP contribution in [0.25, 0.3) is 5.65 Å². The molecule has 140 valence electrons. The first-order valence-corrected chi connectivity index (χ1v) is 8.95. The van der Waals surface area contributed by atoms with Gasteiger partial charge in [0.05, 0.1) is 6.04 Å². The van der Waals surface area contributed by atoms with Crippen LogP contribution in [0.5, 0.6) is 0 Å². The van der Waals surface area contributed by atoms with Gasteiger partial charge in [0.15, 0.2) is 0 Å². The number of carbonyl (C=O) groups is 1. The Labute approximate surface area is 158 Å². The standard InChI is InChI=1S/C21H24N4O2/c1-15-8-7-12-25-19(15)22-14-17(21(25)27)20(26)23-18(11-13-24(2)3)16-9-5-4-6-10-16/h4-10,12,14,18H,11,13H2,1-3H3,(H,23,26)/t18-/m0/s1. The Bertz CT molecular complexity index is 996. The van der Waals surface area contributed by atoms with Crippen molar-refractivity contribution in [3.8, 4) is 0 Å². The van der Waals surface area contributed by atoms with Gasteiger partial charge in [-0.2, -0.15) is 0 Å². The average Bonchev–Trinajstić information content (AvgIpc) is 2.66.